The number of pyridine rings is 1. The molecule has 188 valence electrons. The second kappa shape index (κ2) is 9.96. The Morgan fingerprint density at radius 1 is 1.00 bits per heavy atom. The van der Waals surface area contributed by atoms with E-state index in [1.165, 1.54) is 25.0 Å². The number of piperidine rings is 1. The highest BCUT2D eigenvalue weighted by atomic mass is 32.2. The van der Waals surface area contributed by atoms with E-state index in [4.69, 9.17) is 9.29 Å². The van der Waals surface area contributed by atoms with E-state index in [9.17, 15) is 8.42 Å². The van der Waals surface area contributed by atoms with Crippen LogP contribution < -0.4 is 4.74 Å². The Hall–Kier alpha value is -3.34. The maximum atomic E-state index is 10.5. The normalized spacial score (nSPS) is 21.7. The van der Waals surface area contributed by atoms with Crippen LogP contribution in [0, 0.1) is 6.92 Å². The Morgan fingerprint density at radius 2 is 1.72 bits per heavy atom. The molecule has 10 heteroatoms. The summed E-state index contributed by atoms with van der Waals surface area (Å²) >= 11 is 0. The topological polar surface area (TPSA) is 121 Å². The van der Waals surface area contributed by atoms with E-state index in [2.05, 4.69) is 37.9 Å². The van der Waals surface area contributed by atoms with Crippen LogP contribution in [0.5, 0.6) is 5.88 Å². The first-order chi connectivity index (χ1) is 17.3. The molecule has 2 bridgehead atoms. The van der Waals surface area contributed by atoms with Crippen molar-refractivity contribution in [1.82, 2.24) is 24.8 Å². The second-order valence-corrected chi connectivity index (χ2v) is 10.9. The predicted octanol–water partition coefficient (Wildman–Crippen LogP) is 4.27. The third-order valence-corrected chi connectivity index (χ3v) is 7.85. The maximum absolute atomic E-state index is 10.5. The van der Waals surface area contributed by atoms with Crippen molar-refractivity contribution in [2.24, 2.45) is 0 Å². The molecule has 9 nitrogen and oxygen atoms in total. The van der Waals surface area contributed by atoms with E-state index in [-0.39, 0.29) is 11.0 Å². The van der Waals surface area contributed by atoms with Gasteiger partial charge in [0.1, 0.15) is 11.8 Å². The summed E-state index contributed by atoms with van der Waals surface area (Å²) in [5.74, 6) is 0.619. The number of aryl methyl sites for hydroxylation is 1. The molecule has 2 N–H and O–H groups in total. The van der Waals surface area contributed by atoms with Gasteiger partial charge in [-0.15, -0.1) is 0 Å². The molecule has 1 aromatic carbocycles. The molecule has 0 aliphatic carbocycles. The van der Waals surface area contributed by atoms with Gasteiger partial charge in [-0.05, 0) is 63.9 Å². The summed E-state index contributed by atoms with van der Waals surface area (Å²) in [6.45, 7) is 1.84. The SMILES string of the molecule is CN1C2CCC1CC(Oc1cnc(-c3cnc4[nH]ccc4c3)cn1)C2.Cc1ccc(S(=O)(=O)O)cc1. The number of ether oxygens (including phenoxy) is 1. The zero-order valence-electron chi connectivity index (χ0n) is 20.2. The summed E-state index contributed by atoms with van der Waals surface area (Å²) in [6.07, 6.45) is 12.2. The lowest BCUT2D eigenvalue weighted by atomic mass is 10.0. The van der Waals surface area contributed by atoms with E-state index in [1.807, 2.05) is 25.4 Å². The average molecular weight is 508 g/mol. The van der Waals surface area contributed by atoms with Crippen molar-refractivity contribution in [3.05, 3.63) is 66.7 Å². The van der Waals surface area contributed by atoms with Crippen LogP contribution in [-0.4, -0.2) is 63.0 Å². The largest absolute Gasteiger partial charge is 0.473 e. The molecule has 4 aromatic rings. The standard InChI is InChI=1S/C19H21N5O.C7H8O3S/c1-24-14-2-3-15(24)8-16(7-14)25-18-11-21-17(10-22-18)13-6-12-4-5-20-19(12)23-9-13;1-6-2-4-7(5-3-6)11(8,9)10/h4-6,9-11,14-16H,2-3,7-8H2,1H3,(H,20,23);2-5H,1H3,(H,8,9,10). The Kier molecular flexibility index (Phi) is 6.74. The quantitative estimate of drug-likeness (QED) is 0.393. The van der Waals surface area contributed by atoms with Crippen LogP contribution in [-0.2, 0) is 10.1 Å². The van der Waals surface area contributed by atoms with Gasteiger partial charge in [0.15, 0.2) is 0 Å². The van der Waals surface area contributed by atoms with Gasteiger partial charge in [-0.2, -0.15) is 8.42 Å². The number of benzene rings is 1. The van der Waals surface area contributed by atoms with Crippen molar-refractivity contribution in [2.75, 3.05) is 7.05 Å². The first kappa shape index (κ1) is 24.4. The summed E-state index contributed by atoms with van der Waals surface area (Å²) in [5.41, 5.74) is 3.61. The van der Waals surface area contributed by atoms with E-state index < -0.39 is 10.1 Å². The Morgan fingerprint density at radius 3 is 2.36 bits per heavy atom. The molecule has 2 unspecified atom stereocenters. The molecule has 6 rings (SSSR count). The summed E-state index contributed by atoms with van der Waals surface area (Å²) in [7, 11) is -1.78. The number of aromatic nitrogens is 4. The maximum Gasteiger partial charge on any atom is 0.294 e. The zero-order valence-corrected chi connectivity index (χ0v) is 21.0. The molecule has 2 saturated heterocycles. The van der Waals surface area contributed by atoms with Gasteiger partial charge in [-0.3, -0.25) is 4.55 Å². The number of aromatic amines is 1. The van der Waals surface area contributed by atoms with Gasteiger partial charge in [-0.1, -0.05) is 17.7 Å². The van der Waals surface area contributed by atoms with Gasteiger partial charge in [0.2, 0.25) is 5.88 Å². The van der Waals surface area contributed by atoms with E-state index in [0.29, 0.717) is 18.0 Å². The Bertz CT molecular complexity index is 1420. The molecular weight excluding hydrogens is 478 g/mol. The molecular formula is C26H29N5O4S. The highest BCUT2D eigenvalue weighted by molar-refractivity contribution is 7.85. The fourth-order valence-electron chi connectivity index (χ4n) is 4.94. The smallest absolute Gasteiger partial charge is 0.294 e. The first-order valence-corrected chi connectivity index (χ1v) is 13.4. The fourth-order valence-corrected chi connectivity index (χ4v) is 5.42. The average Bonchev–Trinajstić information content (AvgIpc) is 3.39. The van der Waals surface area contributed by atoms with E-state index >= 15 is 0 Å². The number of nitrogens with one attached hydrogen (secondary N) is 1. The van der Waals surface area contributed by atoms with Gasteiger partial charge >= 0.3 is 0 Å². The monoisotopic (exact) mass is 507 g/mol. The van der Waals surface area contributed by atoms with Crippen molar-refractivity contribution < 1.29 is 17.7 Å². The summed E-state index contributed by atoms with van der Waals surface area (Å²) in [4.78, 5) is 18.9. The molecule has 0 spiro atoms. The van der Waals surface area contributed by atoms with Crippen LogP contribution in [0.15, 0.2) is 66.1 Å². The minimum absolute atomic E-state index is 0.0666. The lowest BCUT2D eigenvalue weighted by molar-refractivity contribution is 0.0630. The first-order valence-electron chi connectivity index (χ1n) is 11.9. The number of nitrogens with zero attached hydrogens (tertiary/aromatic N) is 4. The fraction of sp³-hybridized carbons (Fsp3) is 0.346. The van der Waals surface area contributed by atoms with Crippen molar-refractivity contribution in [3.8, 4) is 17.1 Å². The van der Waals surface area contributed by atoms with Gasteiger partial charge < -0.3 is 14.6 Å². The number of H-pyrrole nitrogens is 1. The van der Waals surface area contributed by atoms with E-state index in [1.54, 1.807) is 24.5 Å². The highest BCUT2D eigenvalue weighted by Gasteiger charge is 2.39. The van der Waals surface area contributed by atoms with Gasteiger partial charge in [0, 0.05) is 35.4 Å². The number of hydrogen-bond donors (Lipinski definition) is 2. The van der Waals surface area contributed by atoms with Crippen molar-refractivity contribution in [3.63, 3.8) is 0 Å². The Labute approximate surface area is 210 Å². The van der Waals surface area contributed by atoms with Gasteiger partial charge in [-0.25, -0.2) is 15.0 Å². The molecule has 2 aliphatic rings. The van der Waals surface area contributed by atoms with Crippen molar-refractivity contribution in [2.45, 2.75) is 55.7 Å². The van der Waals surface area contributed by atoms with Crippen LogP contribution in [0.3, 0.4) is 0 Å². The summed E-state index contributed by atoms with van der Waals surface area (Å²) < 4.78 is 35.7. The van der Waals surface area contributed by atoms with Crippen molar-refractivity contribution in [1.29, 1.82) is 0 Å². The minimum Gasteiger partial charge on any atom is -0.473 e. The molecule has 2 atom stereocenters. The van der Waals surface area contributed by atoms with E-state index in [0.717, 1.165) is 40.7 Å². The van der Waals surface area contributed by atoms with Crippen LogP contribution in [0.25, 0.3) is 22.3 Å². The number of fused-ring (bicyclic) bond motifs is 3. The summed E-state index contributed by atoms with van der Waals surface area (Å²) in [5, 5.41) is 1.07. The number of hydrogen-bond acceptors (Lipinski definition) is 7. The molecule has 2 aliphatic heterocycles. The zero-order chi connectivity index (χ0) is 25.3. The lowest BCUT2D eigenvalue weighted by Crippen LogP contribution is -2.43. The molecule has 36 heavy (non-hydrogen) atoms. The molecule has 0 radical (unpaired) electrons. The lowest BCUT2D eigenvalue weighted by Gasteiger charge is -2.35. The molecule has 5 heterocycles. The van der Waals surface area contributed by atoms with Crippen LogP contribution in [0.4, 0.5) is 0 Å². The Balaban J connectivity index is 0.000000205. The van der Waals surface area contributed by atoms with Crippen molar-refractivity contribution >= 4 is 21.2 Å². The van der Waals surface area contributed by atoms with Gasteiger partial charge in [0.25, 0.3) is 10.1 Å². The molecule has 0 amide bonds. The summed E-state index contributed by atoms with van der Waals surface area (Å²) in [6, 6.07) is 11.4. The molecule has 2 fully saturated rings. The molecule has 0 saturated carbocycles. The molecule has 3 aromatic heterocycles. The predicted molar refractivity (Wildman–Crippen MR) is 136 cm³/mol. The third kappa shape index (κ3) is 5.40. The van der Waals surface area contributed by atoms with Crippen LogP contribution in [0.2, 0.25) is 0 Å². The van der Waals surface area contributed by atoms with Crippen LogP contribution in [0.1, 0.15) is 31.2 Å². The minimum atomic E-state index is -4.02. The van der Waals surface area contributed by atoms with Crippen LogP contribution >= 0.6 is 0 Å². The highest BCUT2D eigenvalue weighted by Crippen LogP contribution is 2.35. The van der Waals surface area contributed by atoms with Gasteiger partial charge in [0.05, 0.1) is 23.0 Å². The third-order valence-electron chi connectivity index (χ3n) is 6.99. The number of rotatable bonds is 4. The second-order valence-electron chi connectivity index (χ2n) is 9.43.